The van der Waals surface area contributed by atoms with Gasteiger partial charge >= 0.3 is 0 Å². The molecular formula is C11H9ClN6. The van der Waals surface area contributed by atoms with Gasteiger partial charge < -0.3 is 5.32 Å². The summed E-state index contributed by atoms with van der Waals surface area (Å²) in [4.78, 5) is 0. The van der Waals surface area contributed by atoms with Gasteiger partial charge in [-0.2, -0.15) is 0 Å². The summed E-state index contributed by atoms with van der Waals surface area (Å²) in [7, 11) is 0. The monoisotopic (exact) mass is 260 g/mol. The van der Waals surface area contributed by atoms with E-state index in [-0.39, 0.29) is 0 Å². The molecule has 6 nitrogen and oxygen atoms in total. The van der Waals surface area contributed by atoms with E-state index in [1.54, 1.807) is 6.07 Å². The Hall–Kier alpha value is -2.21. The maximum absolute atomic E-state index is 5.79. The van der Waals surface area contributed by atoms with Crippen LogP contribution in [-0.4, -0.2) is 25.3 Å². The average Bonchev–Trinajstić information content (AvgIpc) is 2.86. The number of nitrogens with one attached hydrogen (secondary N) is 1. The van der Waals surface area contributed by atoms with Crippen molar-refractivity contribution in [2.45, 2.75) is 5.88 Å². The molecule has 1 N–H and O–H groups in total. The van der Waals surface area contributed by atoms with Gasteiger partial charge in [0, 0.05) is 11.6 Å². The second-order valence-corrected chi connectivity index (χ2v) is 3.97. The van der Waals surface area contributed by atoms with Crippen LogP contribution in [0.4, 0.5) is 11.5 Å². The fraction of sp³-hybridized carbons (Fsp3) is 0.0909. The van der Waals surface area contributed by atoms with Crippen LogP contribution in [0.2, 0.25) is 0 Å². The van der Waals surface area contributed by atoms with Crippen LogP contribution in [0.1, 0.15) is 5.56 Å². The molecule has 0 radical (unpaired) electrons. The van der Waals surface area contributed by atoms with Crippen LogP contribution < -0.4 is 5.32 Å². The van der Waals surface area contributed by atoms with Crippen LogP contribution in [-0.2, 0) is 5.88 Å². The third-order valence-electron chi connectivity index (χ3n) is 2.42. The van der Waals surface area contributed by atoms with Crippen molar-refractivity contribution in [1.82, 2.24) is 25.3 Å². The lowest BCUT2D eigenvalue weighted by Crippen LogP contribution is -2.00. The summed E-state index contributed by atoms with van der Waals surface area (Å²) in [6.07, 6.45) is 0. The van der Waals surface area contributed by atoms with E-state index >= 15 is 0 Å². The van der Waals surface area contributed by atoms with Crippen molar-refractivity contribution in [2.75, 3.05) is 5.32 Å². The lowest BCUT2D eigenvalue weighted by molar-refractivity contribution is 0.736. The molecule has 0 bridgehead atoms. The molecule has 0 aliphatic heterocycles. The highest BCUT2D eigenvalue weighted by molar-refractivity contribution is 6.17. The average molecular weight is 261 g/mol. The fourth-order valence-corrected chi connectivity index (χ4v) is 1.76. The number of tetrazole rings is 1. The van der Waals surface area contributed by atoms with Gasteiger partial charge in [-0.25, -0.2) is 0 Å². The Kier molecular flexibility index (Phi) is 2.77. The van der Waals surface area contributed by atoms with Gasteiger partial charge in [0.15, 0.2) is 11.5 Å². The van der Waals surface area contributed by atoms with Crippen LogP contribution >= 0.6 is 11.6 Å². The molecule has 0 atom stereocenters. The third-order valence-corrected chi connectivity index (χ3v) is 2.73. The van der Waals surface area contributed by atoms with Crippen molar-refractivity contribution in [1.29, 1.82) is 0 Å². The van der Waals surface area contributed by atoms with Crippen molar-refractivity contribution in [3.8, 4) is 0 Å². The fourth-order valence-electron chi connectivity index (χ4n) is 1.60. The van der Waals surface area contributed by atoms with Gasteiger partial charge in [0.05, 0.1) is 0 Å². The van der Waals surface area contributed by atoms with E-state index in [9.17, 15) is 0 Å². The van der Waals surface area contributed by atoms with Gasteiger partial charge in [0.25, 0.3) is 0 Å². The molecule has 3 rings (SSSR count). The first-order chi connectivity index (χ1) is 8.85. The molecule has 90 valence electrons. The molecule has 0 saturated heterocycles. The number of anilines is 2. The Morgan fingerprint density at radius 2 is 2.17 bits per heavy atom. The molecule has 0 saturated carbocycles. The first-order valence-electron chi connectivity index (χ1n) is 5.32. The van der Waals surface area contributed by atoms with Crippen molar-refractivity contribution >= 4 is 28.8 Å². The maximum atomic E-state index is 5.79. The summed E-state index contributed by atoms with van der Waals surface area (Å²) in [6.45, 7) is 0. The number of alkyl halides is 1. The van der Waals surface area contributed by atoms with Crippen LogP contribution in [0.25, 0.3) is 5.65 Å². The van der Waals surface area contributed by atoms with Gasteiger partial charge in [-0.15, -0.1) is 26.4 Å². The largest absolute Gasteiger partial charge is 0.339 e. The number of benzene rings is 1. The van der Waals surface area contributed by atoms with E-state index in [0.29, 0.717) is 17.3 Å². The molecule has 7 heteroatoms. The Labute approximate surface area is 108 Å². The predicted octanol–water partition coefficient (Wildman–Crippen LogP) is 2.00. The van der Waals surface area contributed by atoms with E-state index in [1.165, 1.54) is 4.63 Å². The number of fused-ring (bicyclic) bond motifs is 1. The smallest absolute Gasteiger partial charge is 0.200 e. The maximum Gasteiger partial charge on any atom is 0.200 e. The Morgan fingerprint density at radius 3 is 3.06 bits per heavy atom. The number of hydrogen-bond acceptors (Lipinski definition) is 5. The van der Waals surface area contributed by atoms with Crippen molar-refractivity contribution in [3.63, 3.8) is 0 Å². The van der Waals surface area contributed by atoms with E-state index in [1.807, 2.05) is 30.3 Å². The van der Waals surface area contributed by atoms with Gasteiger partial charge in [0.2, 0.25) is 0 Å². The summed E-state index contributed by atoms with van der Waals surface area (Å²) in [5.41, 5.74) is 2.58. The Balaban J connectivity index is 1.90. The molecule has 0 aliphatic carbocycles. The van der Waals surface area contributed by atoms with Crippen LogP contribution in [0, 0.1) is 0 Å². The molecule has 0 aliphatic rings. The molecule has 0 unspecified atom stereocenters. The molecule has 1 aromatic carbocycles. The topological polar surface area (TPSA) is 68.0 Å². The summed E-state index contributed by atoms with van der Waals surface area (Å²) < 4.78 is 1.37. The second-order valence-electron chi connectivity index (χ2n) is 3.70. The molecule has 0 amide bonds. The lowest BCUT2D eigenvalue weighted by atomic mass is 10.2. The minimum absolute atomic E-state index is 0.481. The third kappa shape index (κ3) is 2.10. The zero-order valence-corrected chi connectivity index (χ0v) is 10.0. The quantitative estimate of drug-likeness (QED) is 0.730. The standard InChI is InChI=1S/C11H9ClN6/c12-7-8-2-1-3-9(6-8)13-10-4-5-11-14-16-17-18(11)15-10/h1-6H,7H2,(H,13,15). The zero-order chi connectivity index (χ0) is 12.4. The summed E-state index contributed by atoms with van der Waals surface area (Å²) in [5, 5.41) is 18.5. The zero-order valence-electron chi connectivity index (χ0n) is 9.29. The van der Waals surface area contributed by atoms with Crippen LogP contribution in [0.5, 0.6) is 0 Å². The molecule has 2 aromatic heterocycles. The Bertz CT molecular complexity index is 680. The number of nitrogens with zero attached hydrogens (tertiary/aromatic N) is 5. The normalized spacial score (nSPS) is 10.7. The van der Waals surface area contributed by atoms with Crippen molar-refractivity contribution in [2.24, 2.45) is 0 Å². The predicted molar refractivity (Wildman–Crippen MR) is 67.9 cm³/mol. The first-order valence-corrected chi connectivity index (χ1v) is 5.86. The second kappa shape index (κ2) is 4.58. The van der Waals surface area contributed by atoms with Gasteiger partial charge in [-0.1, -0.05) is 12.1 Å². The summed E-state index contributed by atoms with van der Waals surface area (Å²) in [6, 6.07) is 11.4. The van der Waals surface area contributed by atoms with E-state index in [2.05, 4.69) is 25.9 Å². The molecule has 18 heavy (non-hydrogen) atoms. The van der Waals surface area contributed by atoms with Crippen molar-refractivity contribution in [3.05, 3.63) is 42.0 Å². The number of rotatable bonds is 3. The Morgan fingerprint density at radius 1 is 1.22 bits per heavy atom. The SMILES string of the molecule is ClCc1cccc(Nc2ccc3nnnn3n2)c1. The molecular weight excluding hydrogens is 252 g/mol. The van der Waals surface area contributed by atoms with Gasteiger partial charge in [-0.3, -0.25) is 0 Å². The minimum Gasteiger partial charge on any atom is -0.339 e. The summed E-state index contributed by atoms with van der Waals surface area (Å²) in [5.74, 6) is 1.15. The lowest BCUT2D eigenvalue weighted by Gasteiger charge is -2.06. The van der Waals surface area contributed by atoms with Crippen LogP contribution in [0.15, 0.2) is 36.4 Å². The highest BCUT2D eigenvalue weighted by atomic mass is 35.5. The van der Waals surface area contributed by atoms with Crippen LogP contribution in [0.3, 0.4) is 0 Å². The first kappa shape index (κ1) is 10.9. The number of aromatic nitrogens is 5. The highest BCUT2D eigenvalue weighted by Crippen LogP contribution is 2.16. The molecule has 0 spiro atoms. The summed E-state index contributed by atoms with van der Waals surface area (Å²) >= 11 is 5.79. The minimum atomic E-state index is 0.481. The molecule has 0 fully saturated rings. The van der Waals surface area contributed by atoms with Gasteiger partial charge in [-0.05, 0) is 40.3 Å². The molecule has 2 heterocycles. The van der Waals surface area contributed by atoms with Crippen molar-refractivity contribution < 1.29 is 0 Å². The highest BCUT2D eigenvalue weighted by Gasteiger charge is 2.01. The molecule has 3 aromatic rings. The van der Waals surface area contributed by atoms with E-state index in [0.717, 1.165) is 11.3 Å². The van der Waals surface area contributed by atoms with Gasteiger partial charge in [0.1, 0.15) is 0 Å². The number of hydrogen-bond donors (Lipinski definition) is 1. The van der Waals surface area contributed by atoms with E-state index in [4.69, 9.17) is 11.6 Å². The number of halogens is 1. The van der Waals surface area contributed by atoms with E-state index < -0.39 is 0 Å².